The molecule has 0 atom stereocenters. The number of aromatic nitrogens is 2. The van der Waals surface area contributed by atoms with Crippen LogP contribution in [0.5, 0.6) is 0 Å². The van der Waals surface area contributed by atoms with Gasteiger partial charge in [-0.2, -0.15) is 0 Å². The van der Waals surface area contributed by atoms with E-state index in [0.29, 0.717) is 5.69 Å². The van der Waals surface area contributed by atoms with Gasteiger partial charge in [0.1, 0.15) is 6.42 Å². The Morgan fingerprint density at radius 3 is 2.88 bits per heavy atom. The summed E-state index contributed by atoms with van der Waals surface area (Å²) in [6.45, 7) is 2.22. The molecule has 1 aromatic rings. The number of carbonyl (C=O) groups is 2. The summed E-state index contributed by atoms with van der Waals surface area (Å²) >= 11 is 0. The van der Waals surface area contributed by atoms with Gasteiger partial charge >= 0.3 is 5.97 Å². The summed E-state index contributed by atoms with van der Waals surface area (Å²) in [7, 11) is 0. The second-order valence-electron chi connectivity index (χ2n) is 2.96. The van der Waals surface area contributed by atoms with Crippen molar-refractivity contribution >= 4 is 11.9 Å². The van der Waals surface area contributed by atoms with E-state index in [-0.39, 0.29) is 25.5 Å². The third-order valence-corrected chi connectivity index (χ3v) is 1.69. The lowest BCUT2D eigenvalue weighted by Gasteiger charge is -2.03. The molecule has 1 aromatic heterocycles. The molecule has 0 unspecified atom stereocenters. The molecule has 0 aliphatic carbocycles. The van der Waals surface area contributed by atoms with Crippen LogP contribution >= 0.6 is 0 Å². The monoisotopic (exact) mass is 223 g/mol. The van der Waals surface area contributed by atoms with E-state index in [1.807, 2.05) is 0 Å². The van der Waals surface area contributed by atoms with Crippen LogP contribution in [-0.2, 0) is 20.9 Å². The Hall–Kier alpha value is -1.98. The molecular weight excluding hydrogens is 210 g/mol. The highest BCUT2D eigenvalue weighted by Crippen LogP contribution is 1.91. The van der Waals surface area contributed by atoms with Crippen LogP contribution in [0.3, 0.4) is 0 Å². The average Bonchev–Trinajstić information content (AvgIpc) is 2.28. The highest BCUT2D eigenvalue weighted by Gasteiger charge is 2.09. The number of ether oxygens (including phenoxy) is 1. The first kappa shape index (κ1) is 12.1. The van der Waals surface area contributed by atoms with Crippen LogP contribution in [0.1, 0.15) is 19.0 Å². The van der Waals surface area contributed by atoms with Gasteiger partial charge in [-0.05, 0) is 6.92 Å². The number of hydrogen-bond donors (Lipinski definition) is 1. The molecule has 0 spiro atoms. The molecule has 0 saturated heterocycles. The zero-order valence-corrected chi connectivity index (χ0v) is 8.97. The van der Waals surface area contributed by atoms with Crippen molar-refractivity contribution in [3.8, 4) is 0 Å². The van der Waals surface area contributed by atoms with E-state index in [9.17, 15) is 9.59 Å². The van der Waals surface area contributed by atoms with E-state index >= 15 is 0 Å². The van der Waals surface area contributed by atoms with Gasteiger partial charge in [-0.25, -0.2) is 0 Å². The molecule has 0 aromatic carbocycles. The van der Waals surface area contributed by atoms with Crippen molar-refractivity contribution in [3.05, 3.63) is 24.3 Å². The Kier molecular flexibility index (Phi) is 4.91. The van der Waals surface area contributed by atoms with Crippen molar-refractivity contribution in [1.82, 2.24) is 15.3 Å². The Morgan fingerprint density at radius 2 is 2.25 bits per heavy atom. The number of rotatable bonds is 5. The molecule has 1 N–H and O–H groups in total. The van der Waals surface area contributed by atoms with Gasteiger partial charge in [0, 0.05) is 12.4 Å². The number of hydrogen-bond acceptors (Lipinski definition) is 5. The van der Waals surface area contributed by atoms with Gasteiger partial charge in [-0.3, -0.25) is 19.6 Å². The lowest BCUT2D eigenvalue weighted by molar-refractivity contribution is -0.146. The van der Waals surface area contributed by atoms with Gasteiger partial charge in [0.15, 0.2) is 0 Å². The Bertz CT molecular complexity index is 354. The zero-order chi connectivity index (χ0) is 11.8. The van der Waals surface area contributed by atoms with E-state index in [4.69, 9.17) is 0 Å². The SMILES string of the molecule is CCOC(=O)CC(=O)NCc1cnccn1. The van der Waals surface area contributed by atoms with E-state index in [2.05, 4.69) is 20.0 Å². The Balaban J connectivity index is 2.28. The molecule has 6 heteroatoms. The van der Waals surface area contributed by atoms with Crippen molar-refractivity contribution in [2.24, 2.45) is 0 Å². The van der Waals surface area contributed by atoms with Crippen LogP contribution < -0.4 is 5.32 Å². The molecule has 0 fully saturated rings. The fraction of sp³-hybridized carbons (Fsp3) is 0.400. The summed E-state index contributed by atoms with van der Waals surface area (Å²) in [4.78, 5) is 30.0. The molecule has 0 saturated carbocycles. The Labute approximate surface area is 93.0 Å². The van der Waals surface area contributed by atoms with Crippen LogP contribution in [0, 0.1) is 0 Å². The molecule has 0 aliphatic rings. The summed E-state index contributed by atoms with van der Waals surface area (Å²) in [5, 5.41) is 2.55. The molecule has 1 heterocycles. The first-order valence-corrected chi connectivity index (χ1v) is 4.89. The third-order valence-electron chi connectivity index (χ3n) is 1.69. The minimum absolute atomic E-state index is 0.256. The Morgan fingerprint density at radius 1 is 1.44 bits per heavy atom. The van der Waals surface area contributed by atoms with E-state index in [1.165, 1.54) is 6.20 Å². The van der Waals surface area contributed by atoms with Gasteiger partial charge in [0.2, 0.25) is 5.91 Å². The second-order valence-corrected chi connectivity index (χ2v) is 2.96. The van der Waals surface area contributed by atoms with E-state index < -0.39 is 5.97 Å². The third kappa shape index (κ3) is 4.50. The second kappa shape index (κ2) is 6.49. The van der Waals surface area contributed by atoms with Gasteiger partial charge in [0.25, 0.3) is 0 Å². The molecule has 1 rings (SSSR count). The fourth-order valence-electron chi connectivity index (χ4n) is 1.02. The maximum Gasteiger partial charge on any atom is 0.315 e. The summed E-state index contributed by atoms with van der Waals surface area (Å²) in [5.41, 5.74) is 0.639. The summed E-state index contributed by atoms with van der Waals surface area (Å²) in [5.74, 6) is -0.914. The van der Waals surface area contributed by atoms with Crippen molar-refractivity contribution in [3.63, 3.8) is 0 Å². The lowest BCUT2D eigenvalue weighted by atomic mass is 10.4. The minimum Gasteiger partial charge on any atom is -0.466 e. The largest absolute Gasteiger partial charge is 0.466 e. The van der Waals surface area contributed by atoms with Crippen molar-refractivity contribution in [1.29, 1.82) is 0 Å². The van der Waals surface area contributed by atoms with E-state index in [0.717, 1.165) is 0 Å². The van der Waals surface area contributed by atoms with Crippen molar-refractivity contribution < 1.29 is 14.3 Å². The van der Waals surface area contributed by atoms with Gasteiger partial charge in [-0.1, -0.05) is 0 Å². The van der Waals surface area contributed by atoms with Gasteiger partial charge < -0.3 is 10.1 Å². The zero-order valence-electron chi connectivity index (χ0n) is 8.97. The smallest absolute Gasteiger partial charge is 0.315 e. The number of carbonyl (C=O) groups excluding carboxylic acids is 2. The molecule has 0 radical (unpaired) electrons. The molecular formula is C10H13N3O3. The van der Waals surface area contributed by atoms with Crippen LogP contribution in [0.15, 0.2) is 18.6 Å². The standard InChI is InChI=1S/C10H13N3O3/c1-2-16-10(15)5-9(14)13-7-8-6-11-3-4-12-8/h3-4,6H,2,5,7H2,1H3,(H,13,14). The molecule has 0 bridgehead atoms. The average molecular weight is 223 g/mol. The van der Waals surface area contributed by atoms with Crippen molar-refractivity contribution in [2.75, 3.05) is 6.61 Å². The maximum atomic E-state index is 11.2. The summed E-state index contributed by atoms with van der Waals surface area (Å²) in [6.07, 6.45) is 4.36. The van der Waals surface area contributed by atoms with Crippen LogP contribution in [-0.4, -0.2) is 28.5 Å². The highest BCUT2D eigenvalue weighted by molar-refractivity contribution is 5.94. The molecule has 16 heavy (non-hydrogen) atoms. The first-order chi connectivity index (χ1) is 7.72. The number of nitrogens with zero attached hydrogens (tertiary/aromatic N) is 2. The first-order valence-electron chi connectivity index (χ1n) is 4.89. The predicted octanol–water partition coefficient (Wildman–Crippen LogP) is 0.0460. The quantitative estimate of drug-likeness (QED) is 0.563. The number of amides is 1. The molecule has 6 nitrogen and oxygen atoms in total. The molecule has 1 amide bonds. The molecule has 86 valence electrons. The van der Waals surface area contributed by atoms with Gasteiger partial charge in [-0.15, -0.1) is 0 Å². The lowest BCUT2D eigenvalue weighted by Crippen LogP contribution is -2.26. The maximum absolute atomic E-state index is 11.2. The highest BCUT2D eigenvalue weighted by atomic mass is 16.5. The topological polar surface area (TPSA) is 81.2 Å². The number of esters is 1. The summed E-state index contributed by atoms with van der Waals surface area (Å²) < 4.78 is 4.64. The fourth-order valence-corrected chi connectivity index (χ4v) is 1.02. The van der Waals surface area contributed by atoms with Gasteiger partial charge in [0.05, 0.1) is 25.0 Å². The van der Waals surface area contributed by atoms with Crippen molar-refractivity contribution in [2.45, 2.75) is 19.9 Å². The van der Waals surface area contributed by atoms with Crippen LogP contribution in [0.25, 0.3) is 0 Å². The predicted molar refractivity (Wildman–Crippen MR) is 55.1 cm³/mol. The van der Waals surface area contributed by atoms with Crippen LogP contribution in [0.2, 0.25) is 0 Å². The van der Waals surface area contributed by atoms with E-state index in [1.54, 1.807) is 19.3 Å². The number of nitrogens with one attached hydrogen (secondary N) is 1. The normalized spacial score (nSPS) is 9.56. The molecule has 0 aliphatic heterocycles. The summed E-state index contributed by atoms with van der Waals surface area (Å²) in [6, 6.07) is 0. The van der Waals surface area contributed by atoms with Crippen LogP contribution in [0.4, 0.5) is 0 Å². The minimum atomic E-state index is -0.529.